The van der Waals surface area contributed by atoms with Gasteiger partial charge in [0.1, 0.15) is 6.54 Å². The lowest BCUT2D eigenvalue weighted by Gasteiger charge is -2.21. The average molecular weight is 200 g/mol. The Balaban J connectivity index is 4.17. The summed E-state index contributed by atoms with van der Waals surface area (Å²) in [5, 5.41) is 0. The molecule has 0 radical (unpaired) electrons. The van der Waals surface area contributed by atoms with Crippen molar-refractivity contribution in [1.29, 1.82) is 0 Å². The molecule has 0 aromatic carbocycles. The van der Waals surface area contributed by atoms with Crippen LogP contribution in [-0.2, 0) is 4.74 Å². The number of carbonyl (C=O) groups excluding carboxylic acids is 1. The molecule has 13 heavy (non-hydrogen) atoms. The summed E-state index contributed by atoms with van der Waals surface area (Å²) in [6.07, 6.45) is -5.45. The van der Waals surface area contributed by atoms with Crippen LogP contribution >= 0.6 is 0 Å². The summed E-state index contributed by atoms with van der Waals surface area (Å²) in [6.45, 7) is -1.55. The minimum absolute atomic E-state index is 0.0365. The fourth-order valence-electron chi connectivity index (χ4n) is 0.736. The second kappa shape index (κ2) is 4.90. The van der Waals surface area contributed by atoms with Gasteiger partial charge in [0.05, 0.1) is 7.11 Å². The van der Waals surface area contributed by atoms with Crippen molar-refractivity contribution in [2.45, 2.75) is 6.18 Å². The zero-order chi connectivity index (χ0) is 10.5. The van der Waals surface area contributed by atoms with Crippen LogP contribution in [-0.4, -0.2) is 43.9 Å². The second-order valence-electron chi connectivity index (χ2n) is 2.30. The number of methoxy groups -OCH3 is 1. The van der Waals surface area contributed by atoms with E-state index in [0.29, 0.717) is 4.90 Å². The predicted octanol–water partition coefficient (Wildman–Crippen LogP) is 0.576. The Morgan fingerprint density at radius 3 is 2.38 bits per heavy atom. The quantitative estimate of drug-likeness (QED) is 0.724. The molecule has 2 N–H and O–H groups in total. The van der Waals surface area contributed by atoms with Gasteiger partial charge in [0.2, 0.25) is 0 Å². The van der Waals surface area contributed by atoms with Gasteiger partial charge < -0.3 is 10.5 Å². The van der Waals surface area contributed by atoms with Crippen molar-refractivity contribution in [3.8, 4) is 0 Å². The Morgan fingerprint density at radius 1 is 1.54 bits per heavy atom. The molecule has 0 aromatic heterocycles. The molecular formula is C6H11F3N2O2. The molecular weight excluding hydrogens is 189 g/mol. The van der Waals surface area contributed by atoms with Crippen LogP contribution in [0.15, 0.2) is 0 Å². The van der Waals surface area contributed by atoms with E-state index in [-0.39, 0.29) is 13.1 Å². The number of hydrogen-bond donors (Lipinski definition) is 1. The number of rotatable bonds is 3. The van der Waals surface area contributed by atoms with Crippen molar-refractivity contribution in [2.75, 3.05) is 26.7 Å². The van der Waals surface area contributed by atoms with Gasteiger partial charge in [-0.05, 0) is 0 Å². The molecule has 0 unspecified atom stereocenters. The average Bonchev–Trinajstić information content (AvgIpc) is 2.00. The molecule has 0 saturated carbocycles. The van der Waals surface area contributed by atoms with Crippen LogP contribution in [0, 0.1) is 0 Å². The van der Waals surface area contributed by atoms with E-state index in [1.54, 1.807) is 0 Å². The van der Waals surface area contributed by atoms with Gasteiger partial charge in [-0.3, -0.25) is 4.90 Å². The molecule has 0 aliphatic heterocycles. The van der Waals surface area contributed by atoms with Crippen LogP contribution in [0.2, 0.25) is 0 Å². The number of ether oxygens (including phenoxy) is 1. The van der Waals surface area contributed by atoms with Crippen LogP contribution in [0.4, 0.5) is 18.0 Å². The van der Waals surface area contributed by atoms with E-state index in [9.17, 15) is 18.0 Å². The maximum atomic E-state index is 11.8. The first-order valence-corrected chi connectivity index (χ1v) is 3.50. The van der Waals surface area contributed by atoms with Crippen molar-refractivity contribution in [3.05, 3.63) is 0 Å². The van der Waals surface area contributed by atoms with E-state index in [1.807, 2.05) is 0 Å². The summed E-state index contributed by atoms with van der Waals surface area (Å²) < 4.78 is 39.6. The van der Waals surface area contributed by atoms with Crippen LogP contribution in [0.5, 0.6) is 0 Å². The van der Waals surface area contributed by atoms with E-state index in [4.69, 9.17) is 5.73 Å². The normalized spacial score (nSPS) is 11.2. The summed E-state index contributed by atoms with van der Waals surface area (Å²) in [5.41, 5.74) is 5.02. The third-order valence-corrected chi connectivity index (χ3v) is 1.20. The number of nitrogens with zero attached hydrogens (tertiary/aromatic N) is 1. The van der Waals surface area contributed by atoms with Crippen LogP contribution in [0.1, 0.15) is 0 Å². The molecule has 0 atom stereocenters. The van der Waals surface area contributed by atoms with Gasteiger partial charge in [-0.1, -0.05) is 0 Å². The van der Waals surface area contributed by atoms with E-state index >= 15 is 0 Å². The van der Waals surface area contributed by atoms with Gasteiger partial charge in [-0.15, -0.1) is 0 Å². The largest absolute Gasteiger partial charge is 0.453 e. The lowest BCUT2D eigenvalue weighted by molar-refractivity contribution is -0.142. The van der Waals surface area contributed by atoms with Gasteiger partial charge in [-0.2, -0.15) is 13.2 Å². The van der Waals surface area contributed by atoms with Gasteiger partial charge in [0.25, 0.3) is 0 Å². The highest BCUT2D eigenvalue weighted by Crippen LogP contribution is 2.16. The molecule has 78 valence electrons. The van der Waals surface area contributed by atoms with Gasteiger partial charge in [-0.25, -0.2) is 4.79 Å². The van der Waals surface area contributed by atoms with Gasteiger partial charge in [0.15, 0.2) is 0 Å². The van der Waals surface area contributed by atoms with E-state index in [2.05, 4.69) is 4.74 Å². The number of carbonyl (C=O) groups is 1. The molecule has 0 rings (SSSR count). The Bertz CT molecular complexity index is 172. The Labute approximate surface area is 73.4 Å². The lowest BCUT2D eigenvalue weighted by Crippen LogP contribution is -2.41. The SMILES string of the molecule is COC(=O)N(CCN)CC(F)(F)F. The number of nitrogens with two attached hydrogens (primary N) is 1. The Morgan fingerprint density at radius 2 is 2.08 bits per heavy atom. The van der Waals surface area contributed by atoms with Crippen molar-refractivity contribution in [3.63, 3.8) is 0 Å². The van der Waals surface area contributed by atoms with Gasteiger partial charge >= 0.3 is 12.3 Å². The highest BCUT2D eigenvalue weighted by molar-refractivity contribution is 5.67. The second-order valence-corrected chi connectivity index (χ2v) is 2.30. The molecule has 0 aliphatic rings. The molecule has 0 saturated heterocycles. The number of hydrogen-bond acceptors (Lipinski definition) is 3. The molecule has 0 spiro atoms. The van der Waals surface area contributed by atoms with E-state index in [1.165, 1.54) is 0 Å². The summed E-state index contributed by atoms with van der Waals surface area (Å²) in [4.78, 5) is 11.2. The summed E-state index contributed by atoms with van der Waals surface area (Å²) >= 11 is 0. The van der Waals surface area contributed by atoms with Crippen molar-refractivity contribution in [1.82, 2.24) is 4.90 Å². The van der Waals surface area contributed by atoms with Crippen molar-refractivity contribution < 1.29 is 22.7 Å². The number of halogens is 3. The monoisotopic (exact) mass is 200 g/mol. The van der Waals surface area contributed by atoms with Crippen LogP contribution < -0.4 is 5.73 Å². The van der Waals surface area contributed by atoms with Gasteiger partial charge in [0, 0.05) is 13.1 Å². The smallest absolute Gasteiger partial charge is 0.409 e. The first-order valence-electron chi connectivity index (χ1n) is 3.50. The van der Waals surface area contributed by atoms with Crippen molar-refractivity contribution >= 4 is 6.09 Å². The fourth-order valence-corrected chi connectivity index (χ4v) is 0.736. The minimum atomic E-state index is -4.43. The summed E-state index contributed by atoms with van der Waals surface area (Å²) in [6, 6.07) is 0. The Hall–Kier alpha value is -0.980. The zero-order valence-corrected chi connectivity index (χ0v) is 7.10. The summed E-state index contributed by atoms with van der Waals surface area (Å²) in [5.74, 6) is 0. The third-order valence-electron chi connectivity index (χ3n) is 1.20. The minimum Gasteiger partial charge on any atom is -0.453 e. The maximum Gasteiger partial charge on any atom is 0.409 e. The maximum absolute atomic E-state index is 11.8. The first kappa shape index (κ1) is 12.0. The molecule has 1 amide bonds. The molecule has 0 fully saturated rings. The molecule has 0 aromatic rings. The highest BCUT2D eigenvalue weighted by atomic mass is 19.4. The molecule has 4 nitrogen and oxygen atoms in total. The fraction of sp³-hybridized carbons (Fsp3) is 0.833. The number of alkyl halides is 3. The third kappa shape index (κ3) is 5.29. The standard InChI is InChI=1S/C6H11F3N2O2/c1-13-5(12)11(3-2-10)4-6(7,8)9/h2-4,10H2,1H3. The van der Waals surface area contributed by atoms with E-state index < -0.39 is 18.8 Å². The molecule has 0 bridgehead atoms. The first-order chi connectivity index (χ1) is 5.90. The lowest BCUT2D eigenvalue weighted by atomic mass is 10.5. The topological polar surface area (TPSA) is 55.6 Å². The molecule has 0 aliphatic carbocycles. The van der Waals surface area contributed by atoms with E-state index in [0.717, 1.165) is 7.11 Å². The highest BCUT2D eigenvalue weighted by Gasteiger charge is 2.32. The molecule has 7 heteroatoms. The van der Waals surface area contributed by atoms with Crippen LogP contribution in [0.3, 0.4) is 0 Å². The van der Waals surface area contributed by atoms with Crippen LogP contribution in [0.25, 0.3) is 0 Å². The number of amides is 1. The Kier molecular flexibility index (Phi) is 4.53. The summed E-state index contributed by atoms with van der Waals surface area (Å²) in [7, 11) is 1.02. The van der Waals surface area contributed by atoms with Crippen molar-refractivity contribution in [2.24, 2.45) is 5.73 Å². The zero-order valence-electron chi connectivity index (χ0n) is 7.10. The predicted molar refractivity (Wildman–Crippen MR) is 39.1 cm³/mol. The molecule has 0 heterocycles.